The summed E-state index contributed by atoms with van der Waals surface area (Å²) < 4.78 is 10.6. The number of nitrogens with one attached hydrogen (secondary N) is 1. The highest BCUT2D eigenvalue weighted by Crippen LogP contribution is 2.40. The minimum absolute atomic E-state index is 0.0585. The molecule has 1 aliphatic carbocycles. The molecule has 14 radical (unpaired) electrons. The first-order valence-electron chi connectivity index (χ1n) is 20.6. The molecule has 64 heavy (non-hydrogen) atoms. The summed E-state index contributed by atoms with van der Waals surface area (Å²) in [4.78, 5) is 4.14. The molecule has 0 spiro atoms. The highest BCUT2D eigenvalue weighted by Gasteiger charge is 2.25. The predicted molar refractivity (Wildman–Crippen MR) is 278 cm³/mol. The molecule has 3 N–H and O–H groups in total. The maximum Gasteiger partial charge on any atom is 0.154 e. The van der Waals surface area contributed by atoms with Gasteiger partial charge in [-0.3, -0.25) is 5.41 Å². The van der Waals surface area contributed by atoms with Crippen LogP contribution in [0.5, 0.6) is 0 Å². The molecule has 0 saturated heterocycles. The van der Waals surface area contributed by atoms with Gasteiger partial charge in [0.2, 0.25) is 0 Å². The van der Waals surface area contributed by atoms with E-state index in [4.69, 9.17) is 70.5 Å². The third-order valence-electron chi connectivity index (χ3n) is 12.7. The molecule has 11 rings (SSSR count). The Balaban J connectivity index is 0.000000152. The number of fused-ring (bicyclic) bond motifs is 8. The molecule has 6 nitrogen and oxygen atoms in total. The van der Waals surface area contributed by atoms with Gasteiger partial charge < -0.3 is 19.3 Å². The van der Waals surface area contributed by atoms with Gasteiger partial charge in [-0.2, -0.15) is 0 Å². The lowest BCUT2D eigenvalue weighted by Crippen LogP contribution is -2.47. The number of aromatic nitrogens is 2. The molecule has 0 aliphatic heterocycles. The monoisotopic (exact) mass is 807 g/mol. The van der Waals surface area contributed by atoms with Crippen molar-refractivity contribution in [3.05, 3.63) is 137 Å². The van der Waals surface area contributed by atoms with Crippen LogP contribution in [-0.2, 0) is 13.5 Å². The topological polar surface area (TPSA) is 85.2 Å². The fourth-order valence-electron chi connectivity index (χ4n) is 9.63. The predicted octanol–water partition coefficient (Wildman–Crippen LogP) is 3.03. The number of allylic oxidation sites excluding steroid dienone is 1. The van der Waals surface area contributed by atoms with E-state index in [0.29, 0.717) is 16.3 Å². The average molecular weight is 807 g/mol. The first-order valence-corrected chi connectivity index (χ1v) is 20.6. The van der Waals surface area contributed by atoms with Crippen LogP contribution in [0.4, 0.5) is 0 Å². The van der Waals surface area contributed by atoms with Crippen LogP contribution < -0.4 is 49.2 Å². The van der Waals surface area contributed by atoms with Gasteiger partial charge in [0.05, 0.1) is 22.4 Å². The summed E-state index contributed by atoms with van der Waals surface area (Å²) >= 11 is 0. The van der Waals surface area contributed by atoms with Crippen LogP contribution >= 0.6 is 0 Å². The Labute approximate surface area is 379 Å². The number of hydrogen-bond acceptors (Lipinski definition) is 2. The van der Waals surface area contributed by atoms with Crippen molar-refractivity contribution in [1.82, 2.24) is 9.13 Å². The number of rotatable bonds is 4. The molecule has 7 aromatic carbocycles. The summed E-state index contributed by atoms with van der Waals surface area (Å²) in [5.74, 6) is -0.174. The molecule has 13 heteroatoms. The number of aliphatic imine (C=N–C) groups is 1. The molecule has 10 aromatic rings. The van der Waals surface area contributed by atoms with E-state index in [0.717, 1.165) is 23.8 Å². The van der Waals surface area contributed by atoms with Crippen molar-refractivity contribution in [1.29, 1.82) is 5.41 Å². The Morgan fingerprint density at radius 3 is 2.08 bits per heavy atom. The van der Waals surface area contributed by atoms with E-state index in [1.54, 1.807) is 24.3 Å². The molecule has 0 bridgehead atoms. The molecule has 0 unspecified atom stereocenters. The van der Waals surface area contributed by atoms with E-state index in [2.05, 4.69) is 107 Å². The van der Waals surface area contributed by atoms with Crippen LogP contribution in [0, 0.1) is 5.41 Å². The molecule has 3 heterocycles. The summed E-state index contributed by atoms with van der Waals surface area (Å²) in [5.41, 5.74) is 16.6. The summed E-state index contributed by atoms with van der Waals surface area (Å²) in [6, 6.07) is 30.8. The molecule has 288 valence electrons. The SMILES string of the molecule is C=Cc1c2c(=C)c3c(c4cccc(c42)n1-c1cccc2c4ccccc4n(C)c12)C=CCC3.[B]c1c([B])c([B])c2c(oc3c([B])c(C(N)=NC(=N)c4ccccc4)c([B])c([B])c32)c1[B]. The number of benzene rings is 7. The second kappa shape index (κ2) is 15.4. The number of para-hydroxylation sites is 2. The largest absolute Gasteiger partial charge is 0.457 e. The third kappa shape index (κ3) is 5.89. The van der Waals surface area contributed by atoms with Crippen molar-refractivity contribution in [2.75, 3.05) is 0 Å². The standard InChI is InChI=1S/C31H24N2.C20H8B7N3O/c1-4-25-29-19(2)20-11-5-6-12-21(20)23-14-9-17-27(30(23)29)33(25)28-18-10-15-24-22-13-7-8-16-26(22)32(3)31(24)28;21-10-7-8-11(22)14(25)15(26)16(27)18(8)31-17(7)13(24)9(12(10)23)20(29)30-19(28)6-4-2-1-3-5-6/h4,6-10,12-18H,1-2,5,11H2,3H3;1-5H,(H3,28,29,30). The summed E-state index contributed by atoms with van der Waals surface area (Å²) in [6.45, 7) is 8.85. The lowest BCUT2D eigenvalue weighted by molar-refractivity contribution is 0.674. The van der Waals surface area contributed by atoms with Gasteiger partial charge in [0.1, 0.15) is 71.9 Å². The lowest BCUT2D eigenvalue weighted by Gasteiger charge is -2.16. The second-order valence-corrected chi connectivity index (χ2v) is 16.1. The molecule has 0 saturated carbocycles. The molecule has 1 aliphatic rings. The number of furan rings is 1. The zero-order chi connectivity index (χ0) is 44.9. The van der Waals surface area contributed by atoms with E-state index in [-0.39, 0.29) is 66.6 Å². The van der Waals surface area contributed by atoms with E-state index in [1.807, 2.05) is 12.1 Å². The molecule has 0 atom stereocenters. The molecular weight excluding hydrogens is 774 g/mol. The maximum absolute atomic E-state index is 8.19. The van der Waals surface area contributed by atoms with Gasteiger partial charge in [-0.1, -0.05) is 120 Å². The van der Waals surface area contributed by atoms with Crippen molar-refractivity contribution in [2.45, 2.75) is 12.8 Å². The molecule has 0 amide bonds. The summed E-state index contributed by atoms with van der Waals surface area (Å²) in [7, 11) is 45.2. The smallest absolute Gasteiger partial charge is 0.154 e. The van der Waals surface area contributed by atoms with Crippen LogP contribution in [0.3, 0.4) is 0 Å². The van der Waals surface area contributed by atoms with Gasteiger partial charge in [-0.05, 0) is 64.3 Å². The van der Waals surface area contributed by atoms with Crippen LogP contribution in [0.2, 0.25) is 0 Å². The minimum atomic E-state index is -0.0992. The van der Waals surface area contributed by atoms with E-state index in [1.165, 1.54) is 60.3 Å². The maximum atomic E-state index is 8.19. The Morgan fingerprint density at radius 2 is 1.33 bits per heavy atom. The van der Waals surface area contributed by atoms with Gasteiger partial charge in [0, 0.05) is 56.0 Å². The highest BCUT2D eigenvalue weighted by atomic mass is 16.3. The zero-order valence-corrected chi connectivity index (χ0v) is 35.1. The number of nitrogens with zero attached hydrogens (tertiary/aromatic N) is 3. The number of hydrogen-bond donors (Lipinski definition) is 2. The first kappa shape index (κ1) is 41.0. The number of amidine groups is 2. The van der Waals surface area contributed by atoms with Crippen LogP contribution in [0.15, 0.2) is 113 Å². The fraction of sp³-hybridized carbons (Fsp3) is 0.0588. The van der Waals surface area contributed by atoms with Gasteiger partial charge in [0.25, 0.3) is 0 Å². The third-order valence-corrected chi connectivity index (χ3v) is 12.7. The van der Waals surface area contributed by atoms with Crippen LogP contribution in [0.25, 0.3) is 89.8 Å². The van der Waals surface area contributed by atoms with Crippen molar-refractivity contribution in [3.8, 4) is 5.69 Å². The van der Waals surface area contributed by atoms with Gasteiger partial charge in [0.15, 0.2) is 5.84 Å². The van der Waals surface area contributed by atoms with E-state index < -0.39 is 0 Å². The Kier molecular flexibility index (Phi) is 9.86. The number of nitrogens with two attached hydrogens (primary N) is 1. The molecule has 3 aromatic heterocycles. The van der Waals surface area contributed by atoms with Gasteiger partial charge in [-0.15, -0.1) is 10.9 Å². The van der Waals surface area contributed by atoms with E-state index in [9.17, 15) is 0 Å². The normalized spacial score (nSPS) is 12.7. The van der Waals surface area contributed by atoms with Gasteiger partial charge >= 0.3 is 0 Å². The summed E-state index contributed by atoms with van der Waals surface area (Å²) in [5, 5.41) is 16.4. The van der Waals surface area contributed by atoms with Crippen molar-refractivity contribution in [3.63, 3.8) is 0 Å². The van der Waals surface area contributed by atoms with Gasteiger partial charge in [-0.25, -0.2) is 4.99 Å². The molecular formula is C51H32B7N5O. The highest BCUT2D eigenvalue weighted by molar-refractivity contribution is 6.69. The van der Waals surface area contributed by atoms with Crippen molar-refractivity contribution < 1.29 is 4.42 Å². The zero-order valence-electron chi connectivity index (χ0n) is 35.1. The Bertz CT molecular complexity index is 3790. The summed E-state index contributed by atoms with van der Waals surface area (Å²) in [6.07, 6.45) is 8.70. The van der Waals surface area contributed by atoms with Crippen molar-refractivity contribution in [2.24, 2.45) is 17.8 Å². The quantitative estimate of drug-likeness (QED) is 0.163. The minimum Gasteiger partial charge on any atom is -0.457 e. The fourth-order valence-corrected chi connectivity index (χ4v) is 9.63. The van der Waals surface area contributed by atoms with Crippen LogP contribution in [0.1, 0.15) is 34.4 Å². The van der Waals surface area contributed by atoms with Crippen LogP contribution in [-0.4, -0.2) is 75.7 Å². The van der Waals surface area contributed by atoms with E-state index >= 15 is 0 Å². The Morgan fingerprint density at radius 1 is 0.703 bits per heavy atom. The first-order chi connectivity index (χ1) is 30.8. The lowest BCUT2D eigenvalue weighted by atomic mass is 9.64. The Hall–Kier alpha value is -6.99. The number of aryl methyl sites for hydroxylation is 1. The van der Waals surface area contributed by atoms with Crippen molar-refractivity contribution >= 4 is 189 Å². The second-order valence-electron chi connectivity index (χ2n) is 16.1. The molecule has 0 fully saturated rings. The average Bonchev–Trinajstić information content (AvgIpc) is 3.98.